The molecule has 0 radical (unpaired) electrons. The van der Waals surface area contributed by atoms with E-state index < -0.39 is 5.97 Å². The van der Waals surface area contributed by atoms with Crippen molar-refractivity contribution in [2.45, 2.75) is 4.90 Å². The summed E-state index contributed by atoms with van der Waals surface area (Å²) in [4.78, 5) is 11.2. The van der Waals surface area contributed by atoms with Crippen LogP contribution < -0.4 is 0 Å². The molecule has 0 aliphatic rings. The third kappa shape index (κ3) is 4.16. The van der Waals surface area contributed by atoms with Gasteiger partial charge in [-0.15, -0.1) is 11.8 Å². The molecule has 22 heavy (non-hydrogen) atoms. The van der Waals surface area contributed by atoms with Gasteiger partial charge < -0.3 is 5.11 Å². The van der Waals surface area contributed by atoms with E-state index in [0.717, 1.165) is 11.8 Å². The van der Waals surface area contributed by atoms with Crippen LogP contribution in [0.5, 0.6) is 0 Å². The van der Waals surface area contributed by atoms with E-state index in [2.05, 4.69) is 0 Å². The van der Waals surface area contributed by atoms with Gasteiger partial charge in [0.15, 0.2) is 0 Å². The first-order chi connectivity index (χ1) is 10.3. The van der Waals surface area contributed by atoms with E-state index in [1.165, 1.54) is 6.07 Å². The molecule has 2 aromatic carbocycles. The molecule has 0 spiro atoms. The number of rotatable bonds is 4. The number of carboxylic acids is 1. The molecule has 2 rings (SSSR count). The van der Waals surface area contributed by atoms with Gasteiger partial charge in [0.25, 0.3) is 0 Å². The predicted molar refractivity (Wildman–Crippen MR) is 95.3 cm³/mol. The van der Waals surface area contributed by atoms with Gasteiger partial charge in [-0.3, -0.25) is 4.79 Å². The minimum absolute atomic E-state index is 0.108. The van der Waals surface area contributed by atoms with Crippen LogP contribution in [0.25, 0.3) is 11.1 Å². The largest absolute Gasteiger partial charge is 0.481 e. The number of hydrogen-bond acceptors (Lipinski definition) is 2. The molecule has 0 bridgehead atoms. The van der Waals surface area contributed by atoms with E-state index in [-0.39, 0.29) is 5.75 Å². The van der Waals surface area contributed by atoms with Crippen LogP contribution in [0.1, 0.15) is 0 Å². The summed E-state index contributed by atoms with van der Waals surface area (Å²) in [6.45, 7) is 0. The molecule has 0 saturated carbocycles. The Kier molecular flexibility index (Phi) is 6.17. The van der Waals surface area contributed by atoms with Gasteiger partial charge in [-0.25, -0.2) is 0 Å². The van der Waals surface area contributed by atoms with Crippen LogP contribution in [-0.4, -0.2) is 16.8 Å². The summed E-state index contributed by atoms with van der Waals surface area (Å²) in [5.41, 5.74) is 1.19. The highest BCUT2D eigenvalue weighted by Crippen LogP contribution is 2.42. The number of thioether (sulfide) groups is 1. The standard InChI is InChI=1S/C14H7Cl5O2S/c15-8-3-11(18)10(17)1-6(8)7-2-12(19)13(4-9(7)16)22-5-14(20)21/h1-4H,5H2,(H,20,21). The molecule has 8 heteroatoms. The second-order valence-corrected chi connectivity index (χ2v) is 7.24. The number of aliphatic carboxylic acids is 1. The van der Waals surface area contributed by atoms with Gasteiger partial charge in [0, 0.05) is 21.0 Å². The number of benzene rings is 2. The molecule has 0 saturated heterocycles. The maximum atomic E-state index is 10.6. The van der Waals surface area contributed by atoms with Crippen LogP contribution >= 0.6 is 69.8 Å². The first kappa shape index (κ1) is 18.1. The quantitative estimate of drug-likeness (QED) is 0.440. The fourth-order valence-electron chi connectivity index (χ4n) is 1.71. The molecule has 2 aromatic rings. The van der Waals surface area contributed by atoms with Crippen molar-refractivity contribution >= 4 is 75.7 Å². The molecule has 0 fully saturated rings. The van der Waals surface area contributed by atoms with Gasteiger partial charge in [-0.05, 0) is 24.3 Å². The summed E-state index contributed by atoms with van der Waals surface area (Å²) in [5, 5.41) is 10.6. The topological polar surface area (TPSA) is 37.3 Å². The Morgan fingerprint density at radius 3 is 1.91 bits per heavy atom. The van der Waals surface area contributed by atoms with Crippen molar-refractivity contribution in [3.05, 3.63) is 49.4 Å². The van der Waals surface area contributed by atoms with Gasteiger partial charge in [-0.1, -0.05) is 58.0 Å². The Morgan fingerprint density at radius 2 is 1.32 bits per heavy atom. The second-order valence-electron chi connectivity index (χ2n) is 4.19. The monoisotopic (exact) mass is 414 g/mol. The Bertz CT molecular complexity index is 748. The van der Waals surface area contributed by atoms with Crippen LogP contribution in [-0.2, 0) is 4.79 Å². The zero-order valence-electron chi connectivity index (χ0n) is 10.7. The lowest BCUT2D eigenvalue weighted by molar-refractivity contribution is -0.133. The van der Waals surface area contributed by atoms with Crippen LogP contribution in [0.3, 0.4) is 0 Å². The second kappa shape index (κ2) is 7.52. The number of hydrogen-bond donors (Lipinski definition) is 1. The SMILES string of the molecule is O=C(O)CSc1cc(Cl)c(-c2cc(Cl)c(Cl)cc2Cl)cc1Cl. The molecular formula is C14H7Cl5O2S. The maximum Gasteiger partial charge on any atom is 0.313 e. The van der Waals surface area contributed by atoms with Gasteiger partial charge in [0.05, 0.1) is 25.8 Å². The van der Waals surface area contributed by atoms with Crippen molar-refractivity contribution in [3.63, 3.8) is 0 Å². The molecule has 0 aliphatic heterocycles. The first-order valence-electron chi connectivity index (χ1n) is 5.78. The minimum atomic E-state index is -0.936. The Hall–Kier alpha value is -0.290. The molecule has 2 nitrogen and oxygen atoms in total. The summed E-state index contributed by atoms with van der Waals surface area (Å²) in [6, 6.07) is 6.36. The highest BCUT2D eigenvalue weighted by molar-refractivity contribution is 8.00. The normalized spacial score (nSPS) is 10.8. The van der Waals surface area contributed by atoms with Crippen molar-refractivity contribution in [1.82, 2.24) is 0 Å². The van der Waals surface area contributed by atoms with E-state index in [9.17, 15) is 4.79 Å². The minimum Gasteiger partial charge on any atom is -0.481 e. The molecule has 1 N–H and O–H groups in total. The summed E-state index contributed by atoms with van der Waals surface area (Å²) >= 11 is 31.6. The molecule has 0 atom stereocenters. The highest BCUT2D eigenvalue weighted by atomic mass is 35.5. The van der Waals surface area contributed by atoms with E-state index in [0.29, 0.717) is 41.1 Å². The summed E-state index contributed by atoms with van der Waals surface area (Å²) in [6.07, 6.45) is 0. The van der Waals surface area contributed by atoms with Gasteiger partial charge in [0.1, 0.15) is 0 Å². The van der Waals surface area contributed by atoms with E-state index in [1.807, 2.05) is 0 Å². The molecule has 0 heterocycles. The molecule has 0 amide bonds. The smallest absolute Gasteiger partial charge is 0.313 e. The third-order valence-electron chi connectivity index (χ3n) is 2.67. The molecule has 0 aromatic heterocycles. The lowest BCUT2D eigenvalue weighted by Gasteiger charge is -2.11. The van der Waals surface area contributed by atoms with Crippen molar-refractivity contribution in [2.75, 3.05) is 5.75 Å². The molecular weight excluding hydrogens is 409 g/mol. The van der Waals surface area contributed by atoms with Crippen molar-refractivity contribution < 1.29 is 9.90 Å². The fourth-order valence-corrected chi connectivity index (χ4v) is 3.70. The Morgan fingerprint density at radius 1 is 0.818 bits per heavy atom. The number of carboxylic acid groups (broad SMARTS) is 1. The first-order valence-corrected chi connectivity index (χ1v) is 8.65. The summed E-state index contributed by atoms with van der Waals surface area (Å²) in [5.74, 6) is -1.04. The Balaban J connectivity index is 2.47. The van der Waals surface area contributed by atoms with Crippen LogP contribution in [0, 0.1) is 0 Å². The van der Waals surface area contributed by atoms with Crippen molar-refractivity contribution in [3.8, 4) is 11.1 Å². The zero-order chi connectivity index (χ0) is 16.4. The van der Waals surface area contributed by atoms with E-state index >= 15 is 0 Å². The van der Waals surface area contributed by atoms with E-state index in [4.69, 9.17) is 63.1 Å². The van der Waals surface area contributed by atoms with Gasteiger partial charge in [-0.2, -0.15) is 0 Å². The lowest BCUT2D eigenvalue weighted by Crippen LogP contribution is -1.97. The van der Waals surface area contributed by atoms with Crippen molar-refractivity contribution in [2.24, 2.45) is 0 Å². The lowest BCUT2D eigenvalue weighted by atomic mass is 10.1. The molecule has 0 aliphatic carbocycles. The molecule has 116 valence electrons. The van der Waals surface area contributed by atoms with E-state index in [1.54, 1.807) is 18.2 Å². The highest BCUT2D eigenvalue weighted by Gasteiger charge is 2.15. The Labute approximate surface area is 156 Å². The molecule has 0 unspecified atom stereocenters. The predicted octanol–water partition coefficient (Wildman–Crippen LogP) is 6.80. The third-order valence-corrected chi connectivity index (χ3v) is 5.49. The van der Waals surface area contributed by atoms with Crippen LogP contribution in [0.2, 0.25) is 25.1 Å². The van der Waals surface area contributed by atoms with Gasteiger partial charge in [0.2, 0.25) is 0 Å². The number of halogens is 5. The van der Waals surface area contributed by atoms with Crippen LogP contribution in [0.15, 0.2) is 29.2 Å². The maximum absolute atomic E-state index is 10.6. The average Bonchev–Trinajstić information content (AvgIpc) is 2.43. The summed E-state index contributed by atoms with van der Waals surface area (Å²) in [7, 11) is 0. The van der Waals surface area contributed by atoms with Crippen LogP contribution in [0.4, 0.5) is 0 Å². The van der Waals surface area contributed by atoms with Crippen molar-refractivity contribution in [1.29, 1.82) is 0 Å². The zero-order valence-corrected chi connectivity index (χ0v) is 15.3. The fraction of sp³-hybridized carbons (Fsp3) is 0.0714. The summed E-state index contributed by atoms with van der Waals surface area (Å²) < 4.78 is 0. The number of carbonyl (C=O) groups is 1. The van der Waals surface area contributed by atoms with Gasteiger partial charge >= 0.3 is 5.97 Å². The average molecular weight is 417 g/mol.